The Labute approximate surface area is 118 Å². The average molecular weight is 309 g/mol. The molecule has 3 rings (SSSR count). The molecule has 2 aliphatic heterocycles. The zero-order valence-electron chi connectivity index (χ0n) is 10.9. The fourth-order valence-corrected chi connectivity index (χ4v) is 3.61. The third-order valence-corrected chi connectivity index (χ3v) is 5.06. The third-order valence-electron chi connectivity index (χ3n) is 4.53. The standard InChI is InChI=1S/C15H21BrN2/c1-11(12-4-6-14(16)7-5-12)18-9-13-3-2-8-17-15(13)10-18/h4-7,11,13,15,17H,2-3,8-10H2,1H3/t11?,13-,15+/m0/s1. The number of hydrogen-bond acceptors (Lipinski definition) is 2. The van der Waals surface area contributed by atoms with Gasteiger partial charge in [-0.3, -0.25) is 4.90 Å². The van der Waals surface area contributed by atoms with E-state index < -0.39 is 0 Å². The largest absolute Gasteiger partial charge is 0.312 e. The summed E-state index contributed by atoms with van der Waals surface area (Å²) in [6, 6.07) is 10.0. The minimum absolute atomic E-state index is 0.533. The molecule has 0 radical (unpaired) electrons. The number of nitrogens with one attached hydrogen (secondary N) is 1. The molecule has 3 atom stereocenters. The van der Waals surface area contributed by atoms with Gasteiger partial charge in [-0.15, -0.1) is 0 Å². The molecule has 1 unspecified atom stereocenters. The van der Waals surface area contributed by atoms with Crippen LogP contribution in [0.4, 0.5) is 0 Å². The van der Waals surface area contributed by atoms with Gasteiger partial charge in [0.2, 0.25) is 0 Å². The zero-order chi connectivity index (χ0) is 12.5. The van der Waals surface area contributed by atoms with E-state index in [1.54, 1.807) is 0 Å². The van der Waals surface area contributed by atoms with Crippen LogP contribution >= 0.6 is 15.9 Å². The Balaban J connectivity index is 1.70. The van der Waals surface area contributed by atoms with E-state index in [0.29, 0.717) is 6.04 Å². The second-order valence-electron chi connectivity index (χ2n) is 5.64. The second-order valence-corrected chi connectivity index (χ2v) is 6.56. The summed E-state index contributed by atoms with van der Waals surface area (Å²) in [6.45, 7) is 6.01. The molecule has 2 heterocycles. The van der Waals surface area contributed by atoms with Crippen molar-refractivity contribution in [1.82, 2.24) is 10.2 Å². The minimum Gasteiger partial charge on any atom is -0.312 e. The van der Waals surface area contributed by atoms with Crippen LogP contribution in [0, 0.1) is 5.92 Å². The summed E-state index contributed by atoms with van der Waals surface area (Å²) in [5.74, 6) is 0.872. The first-order valence-electron chi connectivity index (χ1n) is 6.97. The lowest BCUT2D eigenvalue weighted by Crippen LogP contribution is -2.40. The lowest BCUT2D eigenvalue weighted by Gasteiger charge is -2.25. The smallest absolute Gasteiger partial charge is 0.0320 e. The molecule has 0 bridgehead atoms. The van der Waals surface area contributed by atoms with Gasteiger partial charge in [0, 0.05) is 29.6 Å². The van der Waals surface area contributed by atoms with Gasteiger partial charge in [0.05, 0.1) is 0 Å². The van der Waals surface area contributed by atoms with E-state index in [0.717, 1.165) is 16.4 Å². The second kappa shape index (κ2) is 5.32. The van der Waals surface area contributed by atoms with E-state index in [-0.39, 0.29) is 0 Å². The molecule has 98 valence electrons. The lowest BCUT2D eigenvalue weighted by atomic mass is 9.94. The minimum atomic E-state index is 0.533. The quantitative estimate of drug-likeness (QED) is 0.902. The van der Waals surface area contributed by atoms with Crippen LogP contribution in [-0.2, 0) is 0 Å². The average Bonchev–Trinajstić information content (AvgIpc) is 2.82. The van der Waals surface area contributed by atoms with Crippen LogP contribution in [0.2, 0.25) is 0 Å². The van der Waals surface area contributed by atoms with Crippen LogP contribution < -0.4 is 5.32 Å². The maximum Gasteiger partial charge on any atom is 0.0320 e. The SMILES string of the molecule is CC(c1ccc(Br)cc1)N1C[C@@H]2CCCN[C@@H]2C1. The Hall–Kier alpha value is -0.380. The van der Waals surface area contributed by atoms with Crippen molar-refractivity contribution in [3.05, 3.63) is 34.3 Å². The zero-order valence-corrected chi connectivity index (χ0v) is 12.5. The Morgan fingerprint density at radius 2 is 2.06 bits per heavy atom. The van der Waals surface area contributed by atoms with Crippen molar-refractivity contribution in [2.24, 2.45) is 5.92 Å². The molecule has 2 fully saturated rings. The monoisotopic (exact) mass is 308 g/mol. The highest BCUT2D eigenvalue weighted by Crippen LogP contribution is 2.31. The summed E-state index contributed by atoms with van der Waals surface area (Å²) in [7, 11) is 0. The maximum atomic E-state index is 3.68. The lowest BCUT2D eigenvalue weighted by molar-refractivity contribution is 0.251. The molecule has 2 saturated heterocycles. The van der Waals surface area contributed by atoms with Gasteiger partial charge in [-0.1, -0.05) is 28.1 Å². The summed E-state index contributed by atoms with van der Waals surface area (Å²) in [5, 5.41) is 3.68. The number of likely N-dealkylation sites (tertiary alicyclic amines) is 1. The van der Waals surface area contributed by atoms with Crippen LogP contribution in [0.3, 0.4) is 0 Å². The highest BCUT2D eigenvalue weighted by molar-refractivity contribution is 9.10. The molecule has 2 aliphatic rings. The topological polar surface area (TPSA) is 15.3 Å². The van der Waals surface area contributed by atoms with E-state index in [4.69, 9.17) is 0 Å². The van der Waals surface area contributed by atoms with Gasteiger partial charge >= 0.3 is 0 Å². The van der Waals surface area contributed by atoms with Gasteiger partial charge in [-0.2, -0.15) is 0 Å². The fourth-order valence-electron chi connectivity index (χ4n) is 3.35. The number of nitrogens with zero attached hydrogens (tertiary/aromatic N) is 1. The van der Waals surface area contributed by atoms with Crippen molar-refractivity contribution in [3.8, 4) is 0 Å². The highest BCUT2D eigenvalue weighted by atomic mass is 79.9. The molecule has 0 saturated carbocycles. The molecule has 18 heavy (non-hydrogen) atoms. The van der Waals surface area contributed by atoms with Gasteiger partial charge in [-0.05, 0) is 49.9 Å². The summed E-state index contributed by atoms with van der Waals surface area (Å²) >= 11 is 3.50. The van der Waals surface area contributed by atoms with Gasteiger partial charge in [-0.25, -0.2) is 0 Å². The Kier molecular flexibility index (Phi) is 3.73. The van der Waals surface area contributed by atoms with Crippen LogP contribution in [0.25, 0.3) is 0 Å². The first-order valence-corrected chi connectivity index (χ1v) is 7.76. The molecular weight excluding hydrogens is 288 g/mol. The van der Waals surface area contributed by atoms with Crippen molar-refractivity contribution in [2.45, 2.75) is 31.8 Å². The molecule has 1 N–H and O–H groups in total. The van der Waals surface area contributed by atoms with E-state index in [9.17, 15) is 0 Å². The van der Waals surface area contributed by atoms with Crippen LogP contribution in [0.1, 0.15) is 31.4 Å². The van der Waals surface area contributed by atoms with Crippen LogP contribution in [-0.4, -0.2) is 30.6 Å². The van der Waals surface area contributed by atoms with E-state index in [1.165, 1.54) is 38.0 Å². The van der Waals surface area contributed by atoms with Crippen molar-refractivity contribution >= 4 is 15.9 Å². The maximum absolute atomic E-state index is 3.68. The first kappa shape index (κ1) is 12.6. The third kappa shape index (κ3) is 2.49. The summed E-state index contributed by atoms with van der Waals surface area (Å²) in [5.41, 5.74) is 1.43. The molecule has 0 aliphatic carbocycles. The van der Waals surface area contributed by atoms with E-state index in [1.807, 2.05) is 0 Å². The molecule has 0 spiro atoms. The number of halogens is 1. The fraction of sp³-hybridized carbons (Fsp3) is 0.600. The molecule has 1 aromatic rings. The number of piperidine rings is 1. The van der Waals surface area contributed by atoms with Crippen LogP contribution in [0.5, 0.6) is 0 Å². The Morgan fingerprint density at radius 1 is 1.28 bits per heavy atom. The first-order chi connectivity index (χ1) is 8.74. The van der Waals surface area contributed by atoms with Gasteiger partial charge in [0.25, 0.3) is 0 Å². The van der Waals surface area contributed by atoms with Crippen molar-refractivity contribution in [1.29, 1.82) is 0 Å². The van der Waals surface area contributed by atoms with Crippen molar-refractivity contribution in [2.75, 3.05) is 19.6 Å². The van der Waals surface area contributed by atoms with Crippen molar-refractivity contribution in [3.63, 3.8) is 0 Å². The molecule has 2 nitrogen and oxygen atoms in total. The number of fused-ring (bicyclic) bond motifs is 1. The summed E-state index contributed by atoms with van der Waals surface area (Å²) in [4.78, 5) is 2.64. The normalized spacial score (nSPS) is 30.1. The predicted octanol–water partition coefficient (Wildman–Crippen LogP) is 3.19. The predicted molar refractivity (Wildman–Crippen MR) is 78.6 cm³/mol. The Morgan fingerprint density at radius 3 is 2.78 bits per heavy atom. The highest BCUT2D eigenvalue weighted by Gasteiger charge is 2.36. The summed E-state index contributed by atoms with van der Waals surface area (Å²) in [6.07, 6.45) is 2.75. The number of rotatable bonds is 2. The van der Waals surface area contributed by atoms with E-state index >= 15 is 0 Å². The summed E-state index contributed by atoms with van der Waals surface area (Å²) < 4.78 is 1.16. The van der Waals surface area contributed by atoms with Crippen LogP contribution in [0.15, 0.2) is 28.7 Å². The molecule has 0 aromatic heterocycles. The molecule has 1 aromatic carbocycles. The van der Waals surface area contributed by atoms with Gasteiger partial charge < -0.3 is 5.32 Å². The van der Waals surface area contributed by atoms with Crippen molar-refractivity contribution < 1.29 is 0 Å². The molecule has 0 amide bonds. The number of hydrogen-bond donors (Lipinski definition) is 1. The molecular formula is C15H21BrN2. The van der Waals surface area contributed by atoms with E-state index in [2.05, 4.69) is 57.3 Å². The number of benzene rings is 1. The Bertz CT molecular complexity index is 389. The van der Waals surface area contributed by atoms with Gasteiger partial charge in [0.15, 0.2) is 0 Å². The molecule has 3 heteroatoms. The van der Waals surface area contributed by atoms with Gasteiger partial charge in [0.1, 0.15) is 0 Å².